The van der Waals surface area contributed by atoms with Gasteiger partial charge in [-0.05, 0) is 18.9 Å². The topological polar surface area (TPSA) is 32.3 Å². The van der Waals surface area contributed by atoms with E-state index < -0.39 is 0 Å². The molecule has 1 aliphatic rings. The molecule has 0 aromatic rings. The van der Waals surface area contributed by atoms with Gasteiger partial charge in [-0.3, -0.25) is 5.32 Å². The van der Waals surface area contributed by atoms with E-state index in [9.17, 15) is 0 Å². The molecule has 11 heavy (non-hydrogen) atoms. The van der Waals surface area contributed by atoms with Crippen molar-refractivity contribution < 1.29 is 5.11 Å². The summed E-state index contributed by atoms with van der Waals surface area (Å²) in [5, 5.41) is 11.4. The fourth-order valence-electron chi connectivity index (χ4n) is 1.86. The summed E-state index contributed by atoms with van der Waals surface area (Å²) in [4.78, 5) is 0. The highest BCUT2D eigenvalue weighted by Gasteiger charge is 2.11. The Morgan fingerprint density at radius 2 is 1.91 bits per heavy atom. The Hall–Kier alpha value is -0.0800. The van der Waals surface area contributed by atoms with Crippen molar-refractivity contribution in [2.75, 3.05) is 13.3 Å². The molecule has 0 bridgehead atoms. The fraction of sp³-hybridized carbons (Fsp3) is 1.00. The van der Waals surface area contributed by atoms with Crippen molar-refractivity contribution in [1.82, 2.24) is 5.32 Å². The van der Waals surface area contributed by atoms with Gasteiger partial charge in [-0.2, -0.15) is 0 Å². The molecule has 1 fully saturated rings. The van der Waals surface area contributed by atoms with Crippen LogP contribution in [-0.4, -0.2) is 18.4 Å². The van der Waals surface area contributed by atoms with Crippen LogP contribution in [0.1, 0.15) is 38.5 Å². The minimum absolute atomic E-state index is 0.132. The van der Waals surface area contributed by atoms with E-state index in [0.29, 0.717) is 0 Å². The van der Waals surface area contributed by atoms with Gasteiger partial charge in [0, 0.05) is 0 Å². The second-order valence-electron chi connectivity index (χ2n) is 3.45. The second kappa shape index (κ2) is 5.56. The molecule has 0 heterocycles. The summed E-state index contributed by atoms with van der Waals surface area (Å²) in [6.07, 6.45) is 8.35. The molecule has 0 aromatic carbocycles. The molecule has 0 spiro atoms. The van der Waals surface area contributed by atoms with Crippen LogP contribution in [0.3, 0.4) is 0 Å². The molecular weight excluding hydrogens is 138 g/mol. The smallest absolute Gasteiger partial charge is 0.0931 e. The highest BCUT2D eigenvalue weighted by Crippen LogP contribution is 2.25. The third kappa shape index (κ3) is 3.73. The van der Waals surface area contributed by atoms with Gasteiger partial charge in [-0.1, -0.05) is 32.1 Å². The lowest BCUT2D eigenvalue weighted by Crippen LogP contribution is -2.19. The van der Waals surface area contributed by atoms with Crippen molar-refractivity contribution in [3.05, 3.63) is 0 Å². The molecule has 0 amide bonds. The van der Waals surface area contributed by atoms with Crippen LogP contribution >= 0.6 is 0 Å². The lowest BCUT2D eigenvalue weighted by Gasteiger charge is -2.21. The third-order valence-electron chi connectivity index (χ3n) is 2.57. The Morgan fingerprint density at radius 3 is 2.55 bits per heavy atom. The predicted octanol–water partition coefficient (Wildman–Crippen LogP) is 1.50. The predicted molar refractivity (Wildman–Crippen MR) is 46.3 cm³/mol. The van der Waals surface area contributed by atoms with Gasteiger partial charge >= 0.3 is 0 Å². The number of rotatable bonds is 4. The number of hydrogen-bond donors (Lipinski definition) is 2. The number of hydrogen-bond acceptors (Lipinski definition) is 2. The number of aliphatic hydroxyl groups excluding tert-OH is 1. The van der Waals surface area contributed by atoms with Crippen molar-refractivity contribution in [2.24, 2.45) is 5.92 Å². The zero-order valence-electron chi connectivity index (χ0n) is 7.18. The zero-order chi connectivity index (χ0) is 7.94. The van der Waals surface area contributed by atoms with Gasteiger partial charge < -0.3 is 5.11 Å². The molecule has 2 nitrogen and oxygen atoms in total. The molecular formula is C9H19NO. The molecule has 0 radical (unpaired) electrons. The van der Waals surface area contributed by atoms with Crippen LogP contribution in [0.15, 0.2) is 0 Å². The maximum Gasteiger partial charge on any atom is 0.0931 e. The molecule has 2 N–H and O–H groups in total. The van der Waals surface area contributed by atoms with Crippen LogP contribution in [0.4, 0.5) is 0 Å². The molecule has 0 saturated heterocycles. The van der Waals surface area contributed by atoms with E-state index in [2.05, 4.69) is 5.32 Å². The second-order valence-corrected chi connectivity index (χ2v) is 3.45. The summed E-state index contributed by atoms with van der Waals surface area (Å²) in [7, 11) is 0. The fourth-order valence-corrected chi connectivity index (χ4v) is 1.86. The summed E-state index contributed by atoms with van der Waals surface area (Å²) < 4.78 is 0. The summed E-state index contributed by atoms with van der Waals surface area (Å²) >= 11 is 0. The first kappa shape index (κ1) is 9.01. The SMILES string of the molecule is OCNCCC1CCCCC1. The van der Waals surface area contributed by atoms with Crippen LogP contribution in [0, 0.1) is 5.92 Å². The Labute approximate surface area is 69.0 Å². The van der Waals surface area contributed by atoms with Crippen LogP contribution in [0.5, 0.6) is 0 Å². The minimum Gasteiger partial charge on any atom is -0.381 e. The van der Waals surface area contributed by atoms with Crippen molar-refractivity contribution in [2.45, 2.75) is 38.5 Å². The van der Waals surface area contributed by atoms with E-state index in [1.807, 2.05) is 0 Å². The molecule has 1 saturated carbocycles. The average Bonchev–Trinajstić information content (AvgIpc) is 2.07. The molecule has 1 aliphatic carbocycles. The summed E-state index contributed by atoms with van der Waals surface area (Å²) in [5.41, 5.74) is 0. The maximum atomic E-state index is 8.48. The largest absolute Gasteiger partial charge is 0.381 e. The van der Waals surface area contributed by atoms with Gasteiger partial charge in [0.05, 0.1) is 6.73 Å². The Morgan fingerprint density at radius 1 is 1.18 bits per heavy atom. The molecule has 0 atom stereocenters. The van der Waals surface area contributed by atoms with Crippen LogP contribution in [0.25, 0.3) is 0 Å². The lowest BCUT2D eigenvalue weighted by molar-refractivity contribution is 0.249. The van der Waals surface area contributed by atoms with Gasteiger partial charge in [-0.15, -0.1) is 0 Å². The van der Waals surface area contributed by atoms with Crippen molar-refractivity contribution in [1.29, 1.82) is 0 Å². The Bertz CT molecular complexity index is 89.6. The van der Waals surface area contributed by atoms with E-state index in [1.54, 1.807) is 0 Å². The van der Waals surface area contributed by atoms with Crippen LogP contribution in [-0.2, 0) is 0 Å². The molecule has 66 valence electrons. The quantitative estimate of drug-likeness (QED) is 0.479. The maximum absolute atomic E-state index is 8.48. The van der Waals surface area contributed by atoms with Gasteiger partial charge in [0.2, 0.25) is 0 Å². The molecule has 0 aliphatic heterocycles. The number of nitrogens with one attached hydrogen (secondary N) is 1. The van der Waals surface area contributed by atoms with E-state index in [0.717, 1.165) is 12.5 Å². The first-order valence-corrected chi connectivity index (χ1v) is 4.75. The van der Waals surface area contributed by atoms with Crippen LogP contribution < -0.4 is 5.32 Å². The minimum atomic E-state index is 0.132. The highest BCUT2D eigenvalue weighted by molar-refractivity contribution is 4.66. The summed E-state index contributed by atoms with van der Waals surface area (Å²) in [5.74, 6) is 0.933. The lowest BCUT2D eigenvalue weighted by atomic mass is 9.87. The third-order valence-corrected chi connectivity index (χ3v) is 2.57. The molecule has 0 aromatic heterocycles. The van der Waals surface area contributed by atoms with Gasteiger partial charge in [0.1, 0.15) is 0 Å². The monoisotopic (exact) mass is 157 g/mol. The standard InChI is InChI=1S/C9H19NO/c11-8-10-7-6-9-4-2-1-3-5-9/h9-11H,1-8H2. The van der Waals surface area contributed by atoms with Gasteiger partial charge in [0.25, 0.3) is 0 Å². The molecule has 2 heteroatoms. The first-order chi connectivity index (χ1) is 5.43. The van der Waals surface area contributed by atoms with E-state index in [1.165, 1.54) is 38.5 Å². The molecule has 1 rings (SSSR count). The van der Waals surface area contributed by atoms with E-state index >= 15 is 0 Å². The zero-order valence-corrected chi connectivity index (χ0v) is 7.18. The molecule has 0 unspecified atom stereocenters. The van der Waals surface area contributed by atoms with Crippen molar-refractivity contribution in [3.63, 3.8) is 0 Å². The van der Waals surface area contributed by atoms with Crippen molar-refractivity contribution >= 4 is 0 Å². The normalized spacial score (nSPS) is 20.5. The number of aliphatic hydroxyl groups is 1. The van der Waals surface area contributed by atoms with E-state index in [4.69, 9.17) is 5.11 Å². The van der Waals surface area contributed by atoms with Gasteiger partial charge in [0.15, 0.2) is 0 Å². The van der Waals surface area contributed by atoms with E-state index in [-0.39, 0.29) is 6.73 Å². The van der Waals surface area contributed by atoms with Crippen molar-refractivity contribution in [3.8, 4) is 0 Å². The Balaban J connectivity index is 1.96. The Kier molecular flexibility index (Phi) is 4.55. The summed E-state index contributed by atoms with van der Waals surface area (Å²) in [6.45, 7) is 1.12. The van der Waals surface area contributed by atoms with Crippen LogP contribution in [0.2, 0.25) is 0 Å². The highest BCUT2D eigenvalue weighted by atomic mass is 16.3. The first-order valence-electron chi connectivity index (χ1n) is 4.75. The summed E-state index contributed by atoms with van der Waals surface area (Å²) in [6, 6.07) is 0. The average molecular weight is 157 g/mol. The van der Waals surface area contributed by atoms with Gasteiger partial charge in [-0.25, -0.2) is 0 Å².